The van der Waals surface area contributed by atoms with Crippen LogP contribution in [0.1, 0.15) is 32.3 Å². The van der Waals surface area contributed by atoms with Crippen molar-refractivity contribution in [1.29, 1.82) is 0 Å². The highest BCUT2D eigenvalue weighted by Gasteiger charge is 2.05. The van der Waals surface area contributed by atoms with Crippen LogP contribution in [0.15, 0.2) is 24.3 Å². The van der Waals surface area contributed by atoms with Crippen molar-refractivity contribution in [2.45, 2.75) is 33.1 Å². The molecule has 1 rings (SSSR count). The summed E-state index contributed by atoms with van der Waals surface area (Å²) >= 11 is 0. The molecule has 1 aromatic carbocycles. The van der Waals surface area contributed by atoms with Gasteiger partial charge in [0.2, 0.25) is 5.91 Å². The minimum atomic E-state index is 0.118. The third-order valence-electron chi connectivity index (χ3n) is 3.12. The van der Waals surface area contributed by atoms with Gasteiger partial charge in [0.1, 0.15) is 0 Å². The number of benzene rings is 1. The lowest BCUT2D eigenvalue weighted by molar-refractivity contribution is -0.127. The van der Waals surface area contributed by atoms with E-state index in [-0.39, 0.29) is 5.91 Å². The zero-order chi connectivity index (χ0) is 13.4. The minimum absolute atomic E-state index is 0.118. The van der Waals surface area contributed by atoms with Gasteiger partial charge in [0.25, 0.3) is 0 Å². The van der Waals surface area contributed by atoms with Crippen LogP contribution >= 0.6 is 0 Å². The molecule has 0 saturated heterocycles. The number of nitrogens with zero attached hydrogens (tertiary/aromatic N) is 1. The van der Waals surface area contributed by atoms with Crippen molar-refractivity contribution in [1.82, 2.24) is 4.90 Å². The lowest BCUT2D eigenvalue weighted by Gasteiger charge is -2.15. The van der Waals surface area contributed by atoms with E-state index in [0.717, 1.165) is 18.7 Å². The number of carbonyl (C=O) groups is 1. The van der Waals surface area contributed by atoms with Gasteiger partial charge in [-0.15, -0.1) is 0 Å². The predicted molar refractivity (Wildman–Crippen MR) is 76.9 cm³/mol. The molecule has 100 valence electrons. The fourth-order valence-corrected chi connectivity index (χ4v) is 1.66. The van der Waals surface area contributed by atoms with Crippen LogP contribution in [0.2, 0.25) is 0 Å². The molecule has 0 aromatic heterocycles. The number of carbonyl (C=O) groups excluding carboxylic acids is 1. The average molecular weight is 248 g/mol. The number of unbranched alkanes of at least 4 members (excludes halogenated alkanes) is 1. The van der Waals surface area contributed by atoms with Gasteiger partial charge in [-0.1, -0.05) is 25.5 Å². The molecule has 0 saturated carbocycles. The molecule has 0 atom stereocenters. The van der Waals surface area contributed by atoms with E-state index in [1.54, 1.807) is 4.90 Å². The maximum absolute atomic E-state index is 11.6. The summed E-state index contributed by atoms with van der Waals surface area (Å²) in [6.45, 7) is 5.28. The fraction of sp³-hybridized carbons (Fsp3) is 0.533. The monoisotopic (exact) mass is 248 g/mol. The summed E-state index contributed by atoms with van der Waals surface area (Å²) in [4.78, 5) is 13.3. The number of likely N-dealkylation sites (N-methyl/N-ethyl adjacent to an activating group) is 1. The molecule has 0 unspecified atom stereocenters. The van der Waals surface area contributed by atoms with Crippen LogP contribution in [0.3, 0.4) is 0 Å². The van der Waals surface area contributed by atoms with Crippen LogP contribution in [0, 0.1) is 0 Å². The lowest BCUT2D eigenvalue weighted by atomic mass is 10.1. The van der Waals surface area contributed by atoms with E-state index in [1.165, 1.54) is 18.4 Å². The molecule has 0 aliphatic carbocycles. The Balaban J connectivity index is 2.41. The van der Waals surface area contributed by atoms with E-state index in [1.807, 2.05) is 26.1 Å². The van der Waals surface area contributed by atoms with Crippen LogP contribution in [0.4, 0.5) is 5.69 Å². The largest absolute Gasteiger partial charge is 0.376 e. The average Bonchev–Trinajstić information content (AvgIpc) is 2.42. The number of aryl methyl sites for hydroxylation is 1. The van der Waals surface area contributed by atoms with Crippen LogP contribution in [0.5, 0.6) is 0 Å². The van der Waals surface area contributed by atoms with Crippen molar-refractivity contribution in [2.75, 3.05) is 25.5 Å². The molecule has 1 aromatic rings. The van der Waals surface area contributed by atoms with Crippen LogP contribution in [-0.4, -0.2) is 30.9 Å². The lowest BCUT2D eigenvalue weighted by Crippen LogP contribution is -2.31. The Bertz CT molecular complexity index is 359. The highest BCUT2D eigenvalue weighted by Crippen LogP contribution is 2.11. The van der Waals surface area contributed by atoms with Crippen molar-refractivity contribution in [2.24, 2.45) is 0 Å². The second-order valence-corrected chi connectivity index (χ2v) is 4.56. The maximum Gasteiger partial charge on any atom is 0.241 e. The van der Waals surface area contributed by atoms with Crippen molar-refractivity contribution in [3.63, 3.8) is 0 Å². The summed E-state index contributed by atoms with van der Waals surface area (Å²) in [5.74, 6) is 0.118. The number of anilines is 1. The van der Waals surface area contributed by atoms with E-state index in [4.69, 9.17) is 0 Å². The molecular formula is C15H24N2O. The van der Waals surface area contributed by atoms with Gasteiger partial charge >= 0.3 is 0 Å². The summed E-state index contributed by atoms with van der Waals surface area (Å²) in [6, 6.07) is 8.35. The van der Waals surface area contributed by atoms with Crippen LogP contribution in [-0.2, 0) is 11.2 Å². The first kappa shape index (κ1) is 14.6. The zero-order valence-corrected chi connectivity index (χ0v) is 11.7. The van der Waals surface area contributed by atoms with E-state index in [0.29, 0.717) is 6.54 Å². The van der Waals surface area contributed by atoms with Gasteiger partial charge in [-0.3, -0.25) is 4.79 Å². The summed E-state index contributed by atoms with van der Waals surface area (Å²) in [7, 11) is 1.82. The van der Waals surface area contributed by atoms with Crippen molar-refractivity contribution < 1.29 is 4.79 Å². The summed E-state index contributed by atoms with van der Waals surface area (Å²) < 4.78 is 0. The molecule has 18 heavy (non-hydrogen) atoms. The Hall–Kier alpha value is -1.51. The molecule has 0 spiro atoms. The molecule has 0 radical (unpaired) electrons. The molecule has 0 aliphatic heterocycles. The van der Waals surface area contributed by atoms with Gasteiger partial charge in [-0.05, 0) is 37.5 Å². The zero-order valence-electron chi connectivity index (χ0n) is 11.7. The van der Waals surface area contributed by atoms with E-state index >= 15 is 0 Å². The number of hydrogen-bond acceptors (Lipinski definition) is 2. The van der Waals surface area contributed by atoms with E-state index < -0.39 is 0 Å². The van der Waals surface area contributed by atoms with E-state index in [2.05, 4.69) is 24.4 Å². The minimum Gasteiger partial charge on any atom is -0.376 e. The Morgan fingerprint density at radius 1 is 1.22 bits per heavy atom. The van der Waals surface area contributed by atoms with Crippen molar-refractivity contribution in [3.8, 4) is 0 Å². The normalized spacial score (nSPS) is 10.2. The Morgan fingerprint density at radius 2 is 1.89 bits per heavy atom. The highest BCUT2D eigenvalue weighted by molar-refractivity contribution is 5.80. The Labute approximate surface area is 110 Å². The van der Waals surface area contributed by atoms with Gasteiger partial charge < -0.3 is 10.2 Å². The third-order valence-corrected chi connectivity index (χ3v) is 3.12. The molecule has 0 aliphatic rings. The summed E-state index contributed by atoms with van der Waals surface area (Å²) in [5.41, 5.74) is 2.37. The first-order chi connectivity index (χ1) is 8.67. The molecule has 3 heteroatoms. The molecule has 3 nitrogen and oxygen atoms in total. The van der Waals surface area contributed by atoms with Gasteiger partial charge in [-0.2, -0.15) is 0 Å². The fourth-order valence-electron chi connectivity index (χ4n) is 1.66. The second kappa shape index (κ2) is 7.75. The number of nitrogens with one attached hydrogen (secondary N) is 1. The summed E-state index contributed by atoms with van der Waals surface area (Å²) in [6.07, 6.45) is 3.58. The third kappa shape index (κ3) is 4.78. The molecule has 1 amide bonds. The Kier molecular flexibility index (Phi) is 6.26. The van der Waals surface area contributed by atoms with Gasteiger partial charge in [0, 0.05) is 19.3 Å². The van der Waals surface area contributed by atoms with Crippen LogP contribution < -0.4 is 5.32 Å². The molecule has 0 fully saturated rings. The standard InChI is InChI=1S/C15H24N2O/c1-4-6-7-13-8-10-14(11-9-13)16-12-15(18)17(3)5-2/h8-11,16H,4-7,12H2,1-3H3. The molecule has 1 N–H and O–H groups in total. The number of rotatable bonds is 7. The molecule has 0 bridgehead atoms. The van der Waals surface area contributed by atoms with Crippen molar-refractivity contribution >= 4 is 11.6 Å². The maximum atomic E-state index is 11.6. The number of hydrogen-bond donors (Lipinski definition) is 1. The first-order valence-electron chi connectivity index (χ1n) is 6.74. The first-order valence-corrected chi connectivity index (χ1v) is 6.74. The quantitative estimate of drug-likeness (QED) is 0.804. The van der Waals surface area contributed by atoms with Crippen molar-refractivity contribution in [3.05, 3.63) is 29.8 Å². The Morgan fingerprint density at radius 3 is 2.44 bits per heavy atom. The highest BCUT2D eigenvalue weighted by atomic mass is 16.2. The van der Waals surface area contributed by atoms with Gasteiger partial charge in [-0.25, -0.2) is 0 Å². The van der Waals surface area contributed by atoms with Gasteiger partial charge in [0.05, 0.1) is 6.54 Å². The molecule has 0 heterocycles. The van der Waals surface area contributed by atoms with Gasteiger partial charge in [0.15, 0.2) is 0 Å². The second-order valence-electron chi connectivity index (χ2n) is 4.56. The molecular weight excluding hydrogens is 224 g/mol. The number of amides is 1. The predicted octanol–water partition coefficient (Wildman–Crippen LogP) is 2.92. The van der Waals surface area contributed by atoms with Crippen LogP contribution in [0.25, 0.3) is 0 Å². The summed E-state index contributed by atoms with van der Waals surface area (Å²) in [5, 5.41) is 3.15. The SMILES string of the molecule is CCCCc1ccc(NCC(=O)N(C)CC)cc1. The smallest absolute Gasteiger partial charge is 0.241 e. The topological polar surface area (TPSA) is 32.3 Å². The van der Waals surface area contributed by atoms with E-state index in [9.17, 15) is 4.79 Å².